The van der Waals surface area contributed by atoms with Gasteiger partial charge in [-0.25, -0.2) is 0 Å². The van der Waals surface area contributed by atoms with Crippen LogP contribution in [0, 0.1) is 13.8 Å². The molecule has 0 unspecified atom stereocenters. The van der Waals surface area contributed by atoms with Crippen molar-refractivity contribution in [1.29, 1.82) is 0 Å². The van der Waals surface area contributed by atoms with Gasteiger partial charge in [0.25, 0.3) is 6.71 Å². The van der Waals surface area contributed by atoms with Crippen LogP contribution in [0.3, 0.4) is 0 Å². The zero-order valence-corrected chi connectivity index (χ0v) is 41.9. The molecule has 4 nitrogen and oxygen atoms in total. The Hall–Kier alpha value is -6.98. The SMILES string of the molecule is [2H]c1cc2c3c(c1)N(c1ccc(C(C)(C)C)cc1)c1c(cc4c5ccccc5n(C)c4c1N(c1ccc(C)cc1)c1ccc(C)cc1)B3c1cc(C(C)(C)C)ccc1N2c1ccc(C(C)(C)C)cc1. The quantitative estimate of drug-likeness (QED) is 0.160. The molecule has 8 aromatic carbocycles. The minimum atomic E-state index is -0.168. The fourth-order valence-corrected chi connectivity index (χ4v) is 10.9. The first kappa shape index (κ1) is 42.4. The summed E-state index contributed by atoms with van der Waals surface area (Å²) in [6, 6.07) is 59.7. The number of hydrogen-bond acceptors (Lipinski definition) is 3. The van der Waals surface area contributed by atoms with Gasteiger partial charge in [-0.3, -0.25) is 0 Å². The first-order valence-corrected chi connectivity index (χ1v) is 24.4. The van der Waals surface area contributed by atoms with Crippen LogP contribution in [0.2, 0.25) is 0 Å². The minimum Gasteiger partial charge on any atom is -0.342 e. The van der Waals surface area contributed by atoms with Gasteiger partial charge in [0.2, 0.25) is 0 Å². The van der Waals surface area contributed by atoms with E-state index in [1.807, 2.05) is 0 Å². The van der Waals surface area contributed by atoms with Crippen LogP contribution in [-0.4, -0.2) is 11.3 Å². The standard InChI is InChI=1S/C63H63BN4/c1-40-20-29-45(30-21-40)66(46-31-22-41(2)23-32-46)60-58-50(49-16-13-14-17-53(49)65(58)12)39-52-59(60)68(48-35-26-43(27-36-48)62(6,7)8)56-19-15-18-55-57(56)64(52)51-38-44(63(9,10)11)28-37-54(51)67(55)47-33-24-42(25-34-47)61(3,4)5/h13-39H,1-12H3/i15D. The Kier molecular flexibility index (Phi) is 9.68. The van der Waals surface area contributed by atoms with Crippen LogP contribution in [0.5, 0.6) is 0 Å². The molecule has 0 saturated carbocycles. The number of fused-ring (bicyclic) bond motifs is 7. The van der Waals surface area contributed by atoms with Gasteiger partial charge in [0, 0.05) is 63.1 Å². The molecule has 0 aliphatic carbocycles. The van der Waals surface area contributed by atoms with E-state index in [0.29, 0.717) is 6.04 Å². The van der Waals surface area contributed by atoms with Gasteiger partial charge in [-0.2, -0.15) is 0 Å². The second kappa shape index (κ2) is 15.5. The summed E-state index contributed by atoms with van der Waals surface area (Å²) in [5, 5.41) is 2.44. The first-order chi connectivity index (χ1) is 32.8. The molecule has 0 N–H and O–H groups in total. The Morgan fingerprint density at radius 3 is 1.53 bits per heavy atom. The largest absolute Gasteiger partial charge is 0.342 e. The molecule has 11 rings (SSSR count). The lowest BCUT2D eigenvalue weighted by atomic mass is 9.33. The number of benzene rings is 8. The topological polar surface area (TPSA) is 14.7 Å². The van der Waals surface area contributed by atoms with Crippen molar-refractivity contribution < 1.29 is 1.37 Å². The summed E-state index contributed by atoms with van der Waals surface area (Å²) in [6.07, 6.45) is 0. The lowest BCUT2D eigenvalue weighted by Crippen LogP contribution is -2.61. The number of aromatic nitrogens is 1. The van der Waals surface area contributed by atoms with Crippen LogP contribution in [0.15, 0.2) is 164 Å². The Morgan fingerprint density at radius 1 is 0.485 bits per heavy atom. The highest BCUT2D eigenvalue weighted by Gasteiger charge is 2.46. The molecule has 0 spiro atoms. The second-order valence-electron chi connectivity index (χ2n) is 22.5. The number of anilines is 9. The molecule has 0 bridgehead atoms. The van der Waals surface area contributed by atoms with Crippen molar-refractivity contribution in [1.82, 2.24) is 4.57 Å². The van der Waals surface area contributed by atoms with E-state index in [2.05, 4.69) is 260 Å². The van der Waals surface area contributed by atoms with Crippen molar-refractivity contribution in [2.24, 2.45) is 7.05 Å². The summed E-state index contributed by atoms with van der Waals surface area (Å²) in [5.74, 6) is 0. The van der Waals surface area contributed by atoms with Crippen molar-refractivity contribution in [2.45, 2.75) is 92.4 Å². The van der Waals surface area contributed by atoms with Crippen LogP contribution in [0.4, 0.5) is 51.2 Å². The predicted octanol–water partition coefficient (Wildman–Crippen LogP) is 15.4. The molecule has 9 aromatic rings. The van der Waals surface area contributed by atoms with Gasteiger partial charge < -0.3 is 19.3 Å². The molecule has 3 heterocycles. The van der Waals surface area contributed by atoms with Gasteiger partial charge >= 0.3 is 0 Å². The fraction of sp³-hybridized carbons (Fsp3) is 0.238. The van der Waals surface area contributed by atoms with Gasteiger partial charge in [0.1, 0.15) is 0 Å². The third kappa shape index (κ3) is 6.96. The van der Waals surface area contributed by atoms with Gasteiger partial charge in [0.15, 0.2) is 0 Å². The number of nitrogens with zero attached hydrogens (tertiary/aromatic N) is 4. The molecule has 1 aromatic heterocycles. The summed E-state index contributed by atoms with van der Waals surface area (Å²) in [6.45, 7) is 24.8. The van der Waals surface area contributed by atoms with Gasteiger partial charge in [-0.1, -0.05) is 164 Å². The van der Waals surface area contributed by atoms with E-state index in [-0.39, 0.29) is 23.0 Å². The van der Waals surface area contributed by atoms with Crippen LogP contribution in [0.25, 0.3) is 21.8 Å². The average molecular weight is 888 g/mol. The van der Waals surface area contributed by atoms with Crippen molar-refractivity contribution in [2.75, 3.05) is 14.7 Å². The zero-order chi connectivity index (χ0) is 48.5. The summed E-state index contributed by atoms with van der Waals surface area (Å²) < 4.78 is 12.2. The van der Waals surface area contributed by atoms with Crippen LogP contribution in [0.1, 0.15) is 91.5 Å². The van der Waals surface area contributed by atoms with Gasteiger partial charge in [-0.15, -0.1) is 0 Å². The normalized spacial score (nSPS) is 13.7. The Bertz CT molecular complexity index is 3430. The van der Waals surface area contributed by atoms with E-state index in [0.717, 1.165) is 56.7 Å². The molecule has 0 amide bonds. The van der Waals surface area contributed by atoms with Gasteiger partial charge in [0.05, 0.1) is 18.3 Å². The smallest absolute Gasteiger partial charge is 0.252 e. The number of aryl methyl sites for hydroxylation is 3. The minimum absolute atomic E-state index is 0.00768. The Balaban J connectivity index is 1.34. The maximum Gasteiger partial charge on any atom is 0.252 e. The van der Waals surface area contributed by atoms with Crippen molar-refractivity contribution in [3.63, 3.8) is 0 Å². The maximum absolute atomic E-state index is 9.81. The van der Waals surface area contributed by atoms with E-state index in [9.17, 15) is 1.37 Å². The van der Waals surface area contributed by atoms with E-state index in [1.54, 1.807) is 0 Å². The molecular formula is C63H63BN4. The highest BCUT2D eigenvalue weighted by atomic mass is 15.2. The van der Waals surface area contributed by atoms with Crippen LogP contribution >= 0.6 is 0 Å². The zero-order valence-electron chi connectivity index (χ0n) is 42.9. The maximum atomic E-state index is 9.81. The molecule has 338 valence electrons. The average Bonchev–Trinajstić information content (AvgIpc) is 3.59. The molecule has 0 fully saturated rings. The third-order valence-electron chi connectivity index (χ3n) is 14.7. The molecule has 68 heavy (non-hydrogen) atoms. The van der Waals surface area contributed by atoms with Crippen molar-refractivity contribution >= 4 is 96.1 Å². The predicted molar refractivity (Wildman–Crippen MR) is 295 cm³/mol. The molecule has 0 atom stereocenters. The molecule has 2 aliphatic heterocycles. The first-order valence-electron chi connectivity index (χ1n) is 24.9. The van der Waals surface area contributed by atoms with Crippen LogP contribution < -0.4 is 31.1 Å². The van der Waals surface area contributed by atoms with Gasteiger partial charge in [-0.05, 0) is 136 Å². The lowest BCUT2D eigenvalue weighted by molar-refractivity contribution is 0.590. The van der Waals surface area contributed by atoms with E-state index < -0.39 is 0 Å². The lowest BCUT2D eigenvalue weighted by Gasteiger charge is -2.46. The number of rotatable bonds is 5. The van der Waals surface area contributed by atoms with Crippen molar-refractivity contribution in [3.05, 3.63) is 192 Å². The fourth-order valence-electron chi connectivity index (χ4n) is 10.9. The summed E-state index contributed by atoms with van der Waals surface area (Å²) >= 11 is 0. The molecule has 0 saturated heterocycles. The van der Waals surface area contributed by atoms with Crippen molar-refractivity contribution in [3.8, 4) is 0 Å². The highest BCUT2D eigenvalue weighted by Crippen LogP contribution is 2.53. The molecular weight excluding hydrogens is 824 g/mol. The summed E-state index contributed by atoms with van der Waals surface area (Å²) in [7, 11) is 2.23. The summed E-state index contributed by atoms with van der Waals surface area (Å²) in [4.78, 5) is 7.45. The van der Waals surface area contributed by atoms with E-state index >= 15 is 0 Å². The monoisotopic (exact) mass is 888 g/mol. The molecule has 0 radical (unpaired) electrons. The molecule has 5 heteroatoms. The molecule has 2 aliphatic rings. The third-order valence-corrected chi connectivity index (χ3v) is 14.7. The Labute approximate surface area is 406 Å². The highest BCUT2D eigenvalue weighted by molar-refractivity contribution is 7.00. The second-order valence-corrected chi connectivity index (χ2v) is 22.5. The number of para-hydroxylation sites is 1. The number of hydrogen-bond donors (Lipinski definition) is 0. The Morgan fingerprint density at radius 2 is 0.985 bits per heavy atom. The van der Waals surface area contributed by atoms with Crippen LogP contribution in [-0.2, 0) is 23.3 Å². The van der Waals surface area contributed by atoms with E-state index in [1.165, 1.54) is 60.5 Å². The summed E-state index contributed by atoms with van der Waals surface area (Å²) in [5.41, 5.74) is 21.9. The van der Waals surface area contributed by atoms with E-state index in [4.69, 9.17) is 0 Å².